The van der Waals surface area contributed by atoms with Crippen molar-refractivity contribution in [3.63, 3.8) is 0 Å². The van der Waals surface area contributed by atoms with Gasteiger partial charge in [-0.2, -0.15) is 0 Å². The van der Waals surface area contributed by atoms with E-state index in [1.165, 1.54) is 0 Å². The summed E-state index contributed by atoms with van der Waals surface area (Å²) in [7, 11) is 0. The molecule has 73 valence electrons. The van der Waals surface area contributed by atoms with Gasteiger partial charge < -0.3 is 9.84 Å². The van der Waals surface area contributed by atoms with E-state index in [2.05, 4.69) is 0 Å². The zero-order valence-electron chi connectivity index (χ0n) is 7.40. The number of carboxylic acid groups (broad SMARTS) is 1. The van der Waals surface area contributed by atoms with Gasteiger partial charge in [-0.05, 0) is 12.1 Å². The third-order valence-electron chi connectivity index (χ3n) is 1.57. The molecule has 0 amide bonds. The van der Waals surface area contributed by atoms with Gasteiger partial charge in [-0.1, -0.05) is 12.1 Å². The molecule has 1 aromatic carbocycles. The summed E-state index contributed by atoms with van der Waals surface area (Å²) < 4.78 is 5.10. The van der Waals surface area contributed by atoms with Gasteiger partial charge in [-0.15, -0.1) is 0 Å². The smallest absolute Gasteiger partial charge is 0.306 e. The summed E-state index contributed by atoms with van der Waals surface area (Å²) in [4.78, 5) is 20.6. The van der Waals surface area contributed by atoms with E-state index in [0.29, 0.717) is 11.3 Å². The summed E-state index contributed by atoms with van der Waals surface area (Å²) >= 11 is 0. The van der Waals surface area contributed by atoms with E-state index in [1.54, 1.807) is 30.6 Å². The number of benzene rings is 1. The summed E-state index contributed by atoms with van der Waals surface area (Å²) in [5.41, 5.74) is 0.304. The number of para-hydroxylation sites is 1. The highest BCUT2D eigenvalue weighted by atomic mass is 16.5. The van der Waals surface area contributed by atoms with Gasteiger partial charge in [0.1, 0.15) is 5.75 Å². The van der Waals surface area contributed by atoms with E-state index >= 15 is 0 Å². The molecule has 1 aromatic rings. The van der Waals surface area contributed by atoms with Crippen LogP contribution in [0, 0.1) is 0 Å². The van der Waals surface area contributed by atoms with Crippen LogP contribution in [0.2, 0.25) is 0 Å². The summed E-state index contributed by atoms with van der Waals surface area (Å²) in [6.07, 6.45) is 1.62. The number of carbonyl (C=O) groups is 1. The van der Waals surface area contributed by atoms with Crippen molar-refractivity contribution >= 4 is 12.3 Å². The van der Waals surface area contributed by atoms with E-state index in [9.17, 15) is 9.59 Å². The normalized spacial score (nSPS) is 9.43. The van der Waals surface area contributed by atoms with Crippen molar-refractivity contribution in [1.29, 1.82) is 0 Å². The van der Waals surface area contributed by atoms with Gasteiger partial charge in [0.05, 0.1) is 18.6 Å². The Kier molecular flexibility index (Phi) is 3.67. The maximum Gasteiger partial charge on any atom is 0.306 e. The fourth-order valence-electron chi connectivity index (χ4n) is 0.925. The number of carboxylic acids is 1. The Hall–Kier alpha value is -1.84. The third kappa shape index (κ3) is 2.90. The first-order valence-corrected chi connectivity index (χ1v) is 4.06. The van der Waals surface area contributed by atoms with Gasteiger partial charge in [0, 0.05) is 0 Å². The third-order valence-corrected chi connectivity index (χ3v) is 1.57. The lowest BCUT2D eigenvalue weighted by Crippen LogP contribution is -2.05. The van der Waals surface area contributed by atoms with Gasteiger partial charge in [-0.3, -0.25) is 9.59 Å². The number of ether oxygens (including phenoxy) is 1. The van der Waals surface area contributed by atoms with Crippen LogP contribution in [0.4, 0.5) is 0 Å². The van der Waals surface area contributed by atoms with E-state index < -0.39 is 5.97 Å². The van der Waals surface area contributed by atoms with E-state index in [4.69, 9.17) is 9.84 Å². The molecule has 1 radical (unpaired) electrons. The molecule has 0 bridgehead atoms. The molecule has 0 aromatic heterocycles. The first-order chi connectivity index (χ1) is 6.74. The van der Waals surface area contributed by atoms with Gasteiger partial charge in [0.15, 0.2) is 0 Å². The first kappa shape index (κ1) is 10.2. The Labute approximate surface area is 81.1 Å². The molecule has 0 saturated heterocycles. The van der Waals surface area contributed by atoms with Crippen LogP contribution in [-0.4, -0.2) is 24.0 Å². The summed E-state index contributed by atoms with van der Waals surface area (Å²) in [6, 6.07) is 6.55. The highest BCUT2D eigenvalue weighted by molar-refractivity contribution is 5.79. The Bertz CT molecular complexity index is 333. The van der Waals surface area contributed by atoms with Gasteiger partial charge in [0.2, 0.25) is 6.29 Å². The zero-order chi connectivity index (χ0) is 10.4. The minimum atomic E-state index is -0.933. The van der Waals surface area contributed by atoms with Crippen LogP contribution in [0.25, 0.3) is 0 Å². The van der Waals surface area contributed by atoms with Crippen molar-refractivity contribution in [2.75, 3.05) is 6.61 Å². The highest BCUT2D eigenvalue weighted by Crippen LogP contribution is 2.15. The molecule has 0 aliphatic rings. The molecule has 0 fully saturated rings. The largest absolute Gasteiger partial charge is 0.492 e. The molecule has 0 saturated carbocycles. The molecule has 0 aliphatic heterocycles. The summed E-state index contributed by atoms with van der Waals surface area (Å²) in [5, 5.41) is 8.36. The predicted octanol–water partition coefficient (Wildman–Crippen LogP) is 0.998. The molecule has 1 rings (SSSR count). The molecule has 1 N–H and O–H groups in total. The van der Waals surface area contributed by atoms with Crippen molar-refractivity contribution in [3.05, 3.63) is 29.8 Å². The van der Waals surface area contributed by atoms with Crippen molar-refractivity contribution in [3.8, 4) is 5.75 Å². The maximum absolute atomic E-state index is 10.4. The number of rotatable bonds is 5. The van der Waals surface area contributed by atoms with Crippen LogP contribution in [0.5, 0.6) is 5.75 Å². The topological polar surface area (TPSA) is 63.6 Å². The van der Waals surface area contributed by atoms with Crippen molar-refractivity contribution in [2.24, 2.45) is 0 Å². The monoisotopic (exact) mass is 193 g/mol. The Morgan fingerprint density at radius 3 is 2.79 bits per heavy atom. The number of hydrogen-bond acceptors (Lipinski definition) is 3. The molecule has 0 atom stereocenters. The maximum atomic E-state index is 10.4. The van der Waals surface area contributed by atoms with Crippen LogP contribution < -0.4 is 4.74 Å². The second-order valence-electron chi connectivity index (χ2n) is 2.59. The molecule has 0 heterocycles. The van der Waals surface area contributed by atoms with E-state index in [0.717, 1.165) is 0 Å². The van der Waals surface area contributed by atoms with Crippen molar-refractivity contribution in [2.45, 2.75) is 6.42 Å². The van der Waals surface area contributed by atoms with Crippen LogP contribution in [-0.2, 0) is 9.59 Å². The number of hydrogen-bond donors (Lipinski definition) is 1. The second-order valence-corrected chi connectivity index (χ2v) is 2.59. The molecular weight excluding hydrogens is 184 g/mol. The first-order valence-electron chi connectivity index (χ1n) is 4.06. The fraction of sp³-hybridized carbons (Fsp3) is 0.200. The number of aliphatic carboxylic acids is 1. The molecular formula is C10H9O4. The highest BCUT2D eigenvalue weighted by Gasteiger charge is 2.03. The quantitative estimate of drug-likeness (QED) is 0.757. The van der Waals surface area contributed by atoms with Crippen LogP contribution >= 0.6 is 0 Å². The lowest BCUT2D eigenvalue weighted by Gasteiger charge is -2.05. The Balaban J connectivity index is 2.57. The van der Waals surface area contributed by atoms with Crippen LogP contribution in [0.15, 0.2) is 24.3 Å². The van der Waals surface area contributed by atoms with E-state index in [1.807, 2.05) is 0 Å². The molecule has 4 nitrogen and oxygen atoms in total. The molecule has 14 heavy (non-hydrogen) atoms. The Morgan fingerprint density at radius 2 is 2.14 bits per heavy atom. The average Bonchev–Trinajstić information content (AvgIpc) is 2.18. The van der Waals surface area contributed by atoms with Crippen LogP contribution in [0.1, 0.15) is 12.0 Å². The standard InChI is InChI=1S/C10H9O4/c11-7-8-3-1-2-4-9(8)14-6-5-10(12)13/h1-4H,5-6H2,(H,12,13). The molecule has 4 heteroatoms. The minimum Gasteiger partial charge on any atom is -0.492 e. The minimum absolute atomic E-state index is 0.0496. The van der Waals surface area contributed by atoms with Gasteiger partial charge in [-0.25, -0.2) is 0 Å². The molecule has 0 spiro atoms. The fourth-order valence-corrected chi connectivity index (χ4v) is 0.925. The van der Waals surface area contributed by atoms with Gasteiger partial charge >= 0.3 is 5.97 Å². The lowest BCUT2D eigenvalue weighted by atomic mass is 10.2. The SMILES string of the molecule is O=[C]c1ccccc1OCCC(=O)O. The van der Waals surface area contributed by atoms with E-state index in [-0.39, 0.29) is 13.0 Å². The second kappa shape index (κ2) is 5.01. The van der Waals surface area contributed by atoms with Crippen molar-refractivity contribution < 1.29 is 19.4 Å². The van der Waals surface area contributed by atoms with Gasteiger partial charge in [0.25, 0.3) is 0 Å². The Morgan fingerprint density at radius 1 is 1.43 bits per heavy atom. The molecule has 0 aliphatic carbocycles. The average molecular weight is 193 g/mol. The zero-order valence-corrected chi connectivity index (χ0v) is 7.40. The van der Waals surface area contributed by atoms with Crippen molar-refractivity contribution in [1.82, 2.24) is 0 Å². The molecule has 0 unspecified atom stereocenters. The number of carbonyl (C=O) groups excluding carboxylic acids is 1. The predicted molar refractivity (Wildman–Crippen MR) is 49.0 cm³/mol. The summed E-state index contributed by atoms with van der Waals surface area (Å²) in [6.45, 7) is 0.0496. The summed E-state index contributed by atoms with van der Waals surface area (Å²) in [5.74, 6) is -0.568. The lowest BCUT2D eigenvalue weighted by molar-refractivity contribution is -0.137. The van der Waals surface area contributed by atoms with Crippen LogP contribution in [0.3, 0.4) is 0 Å².